The summed E-state index contributed by atoms with van der Waals surface area (Å²) in [4.78, 5) is 34.5. The van der Waals surface area contributed by atoms with Crippen LogP contribution in [0.2, 0.25) is 0 Å². The topological polar surface area (TPSA) is 101 Å². The minimum absolute atomic E-state index is 0.0524. The molecule has 1 saturated heterocycles. The van der Waals surface area contributed by atoms with Crippen molar-refractivity contribution in [2.75, 3.05) is 18.0 Å². The molecule has 1 aromatic carbocycles. The number of anilines is 1. The molecule has 158 valence electrons. The van der Waals surface area contributed by atoms with E-state index in [2.05, 4.69) is 20.2 Å². The predicted octanol–water partition coefficient (Wildman–Crippen LogP) is 2.78. The first kappa shape index (κ1) is 20.5. The molecule has 2 amide bonds. The van der Waals surface area contributed by atoms with Crippen molar-refractivity contribution in [2.24, 2.45) is 5.73 Å². The molecule has 0 aliphatic carbocycles. The highest BCUT2D eigenvalue weighted by molar-refractivity contribution is 5.94. The first-order valence-corrected chi connectivity index (χ1v) is 10.0. The van der Waals surface area contributed by atoms with E-state index in [0.29, 0.717) is 22.4 Å². The number of nitrogens with one attached hydrogen (secondary N) is 1. The Kier molecular flexibility index (Phi) is 5.88. The maximum absolute atomic E-state index is 13.4. The summed E-state index contributed by atoms with van der Waals surface area (Å²) in [5.74, 6) is -0.224. The number of carbonyl (C=O) groups is 2. The fraction of sp³-hybridized carbons (Fsp3) is 0.217. The SMILES string of the molecule is NC(=O)c1ccc(N2CCC(NC(=O)c3ccc(-c4cccc(F)c4)nc3)CC2)nc1. The number of amides is 2. The molecule has 3 heterocycles. The van der Waals surface area contributed by atoms with Crippen LogP contribution in [-0.4, -0.2) is 40.9 Å². The molecule has 1 aliphatic heterocycles. The molecule has 8 heteroatoms. The van der Waals surface area contributed by atoms with Crippen LogP contribution in [0.5, 0.6) is 0 Å². The van der Waals surface area contributed by atoms with Crippen molar-refractivity contribution in [3.63, 3.8) is 0 Å². The zero-order chi connectivity index (χ0) is 21.8. The van der Waals surface area contributed by atoms with Gasteiger partial charge in [0.2, 0.25) is 5.91 Å². The minimum Gasteiger partial charge on any atom is -0.366 e. The minimum atomic E-state index is -0.501. The molecule has 0 radical (unpaired) electrons. The monoisotopic (exact) mass is 419 g/mol. The van der Waals surface area contributed by atoms with Crippen molar-refractivity contribution in [2.45, 2.75) is 18.9 Å². The van der Waals surface area contributed by atoms with Crippen molar-refractivity contribution in [1.82, 2.24) is 15.3 Å². The van der Waals surface area contributed by atoms with Gasteiger partial charge in [-0.15, -0.1) is 0 Å². The van der Waals surface area contributed by atoms with Gasteiger partial charge in [-0.25, -0.2) is 9.37 Å². The highest BCUT2D eigenvalue weighted by Crippen LogP contribution is 2.20. The van der Waals surface area contributed by atoms with Crippen molar-refractivity contribution in [1.29, 1.82) is 0 Å². The number of halogens is 1. The maximum atomic E-state index is 13.4. The van der Waals surface area contributed by atoms with Gasteiger partial charge in [0.1, 0.15) is 11.6 Å². The number of pyridine rings is 2. The molecule has 0 atom stereocenters. The van der Waals surface area contributed by atoms with Crippen LogP contribution >= 0.6 is 0 Å². The Bertz CT molecular complexity index is 1080. The zero-order valence-electron chi connectivity index (χ0n) is 16.8. The fourth-order valence-corrected chi connectivity index (χ4v) is 3.59. The molecular weight excluding hydrogens is 397 g/mol. The molecular formula is C23H22FN5O2. The van der Waals surface area contributed by atoms with Gasteiger partial charge in [-0.05, 0) is 49.2 Å². The van der Waals surface area contributed by atoms with Crippen molar-refractivity contribution < 1.29 is 14.0 Å². The number of nitrogens with two attached hydrogens (primary N) is 1. The average molecular weight is 419 g/mol. The standard InChI is InChI=1S/C23H22FN5O2/c24-18-3-1-2-15(12-18)20-6-4-17(14-26-20)23(31)28-19-8-10-29(11-9-19)21-7-5-16(13-27-21)22(25)30/h1-7,12-14,19H,8-11H2,(H2,25,30)(H,28,31). The summed E-state index contributed by atoms with van der Waals surface area (Å²) < 4.78 is 13.4. The molecule has 0 unspecified atom stereocenters. The maximum Gasteiger partial charge on any atom is 0.253 e. The Morgan fingerprint density at radius 1 is 1.00 bits per heavy atom. The molecule has 0 saturated carbocycles. The molecule has 4 rings (SSSR count). The summed E-state index contributed by atoms with van der Waals surface area (Å²) in [5, 5.41) is 3.05. The largest absolute Gasteiger partial charge is 0.366 e. The molecule has 3 aromatic rings. The molecule has 1 aliphatic rings. The van der Waals surface area contributed by atoms with E-state index in [1.54, 1.807) is 36.4 Å². The van der Waals surface area contributed by atoms with E-state index in [4.69, 9.17) is 5.73 Å². The Balaban J connectivity index is 1.32. The van der Waals surface area contributed by atoms with E-state index in [9.17, 15) is 14.0 Å². The summed E-state index contributed by atoms with van der Waals surface area (Å²) in [5.41, 5.74) is 7.36. The van der Waals surface area contributed by atoms with Gasteiger partial charge in [-0.1, -0.05) is 12.1 Å². The number of aromatic nitrogens is 2. The summed E-state index contributed by atoms with van der Waals surface area (Å²) in [6.07, 6.45) is 4.54. The van der Waals surface area contributed by atoms with Gasteiger partial charge in [-0.3, -0.25) is 14.6 Å². The third kappa shape index (κ3) is 4.85. The van der Waals surface area contributed by atoms with Gasteiger partial charge in [0.25, 0.3) is 5.91 Å². The fourth-order valence-electron chi connectivity index (χ4n) is 3.59. The molecule has 0 spiro atoms. The Labute approximate surface area is 179 Å². The molecule has 1 fully saturated rings. The molecule has 31 heavy (non-hydrogen) atoms. The number of nitrogens with zero attached hydrogens (tertiary/aromatic N) is 3. The number of hydrogen-bond acceptors (Lipinski definition) is 5. The smallest absolute Gasteiger partial charge is 0.253 e. The van der Waals surface area contributed by atoms with E-state index in [1.165, 1.54) is 24.5 Å². The third-order valence-electron chi connectivity index (χ3n) is 5.33. The second kappa shape index (κ2) is 8.91. The van der Waals surface area contributed by atoms with Gasteiger partial charge < -0.3 is 16.0 Å². The lowest BCUT2D eigenvalue weighted by atomic mass is 10.0. The summed E-state index contributed by atoms with van der Waals surface area (Å²) in [6.45, 7) is 1.48. The second-order valence-corrected chi connectivity index (χ2v) is 7.45. The highest BCUT2D eigenvalue weighted by atomic mass is 19.1. The Morgan fingerprint density at radius 3 is 2.35 bits per heavy atom. The van der Waals surface area contributed by atoms with Crippen LogP contribution in [-0.2, 0) is 0 Å². The van der Waals surface area contributed by atoms with Crippen LogP contribution in [0, 0.1) is 5.82 Å². The van der Waals surface area contributed by atoms with E-state index in [1.807, 2.05) is 0 Å². The van der Waals surface area contributed by atoms with Gasteiger partial charge in [0.15, 0.2) is 0 Å². The number of benzene rings is 1. The van der Waals surface area contributed by atoms with Crippen molar-refractivity contribution in [3.05, 3.63) is 77.9 Å². The Morgan fingerprint density at radius 2 is 1.74 bits per heavy atom. The van der Waals surface area contributed by atoms with Gasteiger partial charge in [0, 0.05) is 37.1 Å². The van der Waals surface area contributed by atoms with Crippen LogP contribution in [0.1, 0.15) is 33.6 Å². The summed E-state index contributed by atoms with van der Waals surface area (Å²) in [7, 11) is 0. The second-order valence-electron chi connectivity index (χ2n) is 7.45. The van der Waals surface area contributed by atoms with E-state index >= 15 is 0 Å². The lowest BCUT2D eigenvalue weighted by Crippen LogP contribution is -2.45. The first-order valence-electron chi connectivity index (χ1n) is 10.0. The number of rotatable bonds is 5. The lowest BCUT2D eigenvalue weighted by molar-refractivity contribution is 0.0930. The zero-order valence-corrected chi connectivity index (χ0v) is 16.8. The normalized spacial score (nSPS) is 14.3. The third-order valence-corrected chi connectivity index (χ3v) is 5.33. The van der Waals surface area contributed by atoms with E-state index in [0.717, 1.165) is 31.7 Å². The quantitative estimate of drug-likeness (QED) is 0.662. The van der Waals surface area contributed by atoms with Gasteiger partial charge in [0.05, 0.1) is 16.8 Å². The van der Waals surface area contributed by atoms with Crippen molar-refractivity contribution in [3.8, 4) is 11.3 Å². The number of hydrogen-bond donors (Lipinski definition) is 2. The molecule has 3 N–H and O–H groups in total. The first-order chi connectivity index (χ1) is 15.0. The van der Waals surface area contributed by atoms with Crippen LogP contribution in [0.3, 0.4) is 0 Å². The van der Waals surface area contributed by atoms with Crippen LogP contribution in [0.4, 0.5) is 10.2 Å². The lowest BCUT2D eigenvalue weighted by Gasteiger charge is -2.33. The molecule has 7 nitrogen and oxygen atoms in total. The van der Waals surface area contributed by atoms with Gasteiger partial charge >= 0.3 is 0 Å². The van der Waals surface area contributed by atoms with Crippen molar-refractivity contribution >= 4 is 17.6 Å². The molecule has 0 bridgehead atoms. The van der Waals surface area contributed by atoms with Gasteiger partial charge in [-0.2, -0.15) is 0 Å². The number of primary amides is 1. The van der Waals surface area contributed by atoms with E-state index < -0.39 is 5.91 Å². The van der Waals surface area contributed by atoms with Crippen LogP contribution < -0.4 is 16.0 Å². The van der Waals surface area contributed by atoms with E-state index in [-0.39, 0.29) is 17.8 Å². The summed E-state index contributed by atoms with van der Waals surface area (Å²) >= 11 is 0. The summed E-state index contributed by atoms with van der Waals surface area (Å²) in [6, 6.07) is 13.1. The number of piperidine rings is 1. The average Bonchev–Trinajstić information content (AvgIpc) is 2.80. The predicted molar refractivity (Wildman–Crippen MR) is 115 cm³/mol. The number of carbonyl (C=O) groups excluding carboxylic acids is 2. The molecule has 2 aromatic heterocycles. The van der Waals surface area contributed by atoms with Crippen LogP contribution in [0.25, 0.3) is 11.3 Å². The van der Waals surface area contributed by atoms with Crippen LogP contribution in [0.15, 0.2) is 60.9 Å². The highest BCUT2D eigenvalue weighted by Gasteiger charge is 2.22. The Hall–Kier alpha value is -3.81.